The molecule has 0 saturated heterocycles. The van der Waals surface area contributed by atoms with Gasteiger partial charge >= 0.3 is 0 Å². The predicted molar refractivity (Wildman–Crippen MR) is 45.8 cm³/mol. The Morgan fingerprint density at radius 1 is 1.15 bits per heavy atom. The molecule has 5 heteroatoms. The molecule has 0 aromatic carbocycles. The van der Waals surface area contributed by atoms with Crippen LogP contribution in [0.4, 0.5) is 5.95 Å². The van der Waals surface area contributed by atoms with Gasteiger partial charge in [-0.3, -0.25) is 0 Å². The normalized spacial score (nSPS) is 8.62. The van der Waals surface area contributed by atoms with Gasteiger partial charge in [0.15, 0.2) is 0 Å². The molecular formula is C8H7N5. The van der Waals surface area contributed by atoms with Crippen molar-refractivity contribution in [3.05, 3.63) is 17.5 Å². The van der Waals surface area contributed by atoms with Crippen LogP contribution in [0, 0.1) is 22.7 Å². The first-order valence-electron chi connectivity index (χ1n) is 3.54. The van der Waals surface area contributed by atoms with E-state index in [0.717, 1.165) is 0 Å². The third-order valence-electron chi connectivity index (χ3n) is 1.34. The molecule has 0 unspecified atom stereocenters. The van der Waals surface area contributed by atoms with E-state index in [1.807, 2.05) is 12.1 Å². The summed E-state index contributed by atoms with van der Waals surface area (Å²) in [4.78, 5) is 9.44. The molecule has 0 atom stereocenters. The molecule has 1 aromatic rings. The van der Waals surface area contributed by atoms with Gasteiger partial charge in [0.1, 0.15) is 23.5 Å². The SMILES string of the molecule is CN(C)c1nc(C#N)cc(C#N)n1. The fourth-order valence-corrected chi connectivity index (χ4v) is 0.749. The fourth-order valence-electron chi connectivity index (χ4n) is 0.749. The summed E-state index contributed by atoms with van der Waals surface area (Å²) in [7, 11) is 3.50. The second kappa shape index (κ2) is 3.51. The van der Waals surface area contributed by atoms with Crippen molar-refractivity contribution < 1.29 is 0 Å². The lowest BCUT2D eigenvalue weighted by atomic mass is 10.3. The Morgan fingerprint density at radius 3 is 1.92 bits per heavy atom. The van der Waals surface area contributed by atoms with Gasteiger partial charge in [0, 0.05) is 20.2 Å². The Hall–Kier alpha value is -2.14. The number of aromatic nitrogens is 2. The average Bonchev–Trinajstić information content (AvgIpc) is 2.16. The Kier molecular flexibility index (Phi) is 2.41. The molecule has 0 aliphatic rings. The lowest BCUT2D eigenvalue weighted by Gasteiger charge is -2.09. The first-order valence-corrected chi connectivity index (χ1v) is 3.54. The molecule has 1 heterocycles. The standard InChI is InChI=1S/C8H7N5/c1-13(2)8-11-6(4-9)3-7(5-10)12-8/h3H,1-2H3. The van der Waals surface area contributed by atoms with Crippen LogP contribution in [0.2, 0.25) is 0 Å². The van der Waals surface area contributed by atoms with Crippen molar-refractivity contribution in [1.82, 2.24) is 9.97 Å². The van der Waals surface area contributed by atoms with E-state index in [1.54, 1.807) is 19.0 Å². The van der Waals surface area contributed by atoms with Crippen molar-refractivity contribution >= 4 is 5.95 Å². The highest BCUT2D eigenvalue weighted by molar-refractivity contribution is 5.38. The second-order valence-corrected chi connectivity index (χ2v) is 2.56. The summed E-state index contributed by atoms with van der Waals surface area (Å²) in [6.45, 7) is 0. The first kappa shape index (κ1) is 8.95. The maximum atomic E-state index is 8.60. The van der Waals surface area contributed by atoms with E-state index in [1.165, 1.54) is 6.07 Å². The van der Waals surface area contributed by atoms with E-state index in [9.17, 15) is 0 Å². The Morgan fingerprint density at radius 2 is 1.62 bits per heavy atom. The minimum absolute atomic E-state index is 0.204. The van der Waals surface area contributed by atoms with E-state index in [4.69, 9.17) is 10.5 Å². The molecule has 0 saturated carbocycles. The van der Waals surface area contributed by atoms with Gasteiger partial charge in [0.25, 0.3) is 0 Å². The summed E-state index contributed by atoms with van der Waals surface area (Å²) in [5, 5.41) is 17.2. The van der Waals surface area contributed by atoms with Crippen molar-refractivity contribution in [3.8, 4) is 12.1 Å². The molecule has 5 nitrogen and oxygen atoms in total. The van der Waals surface area contributed by atoms with E-state index in [0.29, 0.717) is 5.95 Å². The number of nitrogens with zero attached hydrogens (tertiary/aromatic N) is 5. The predicted octanol–water partition coefficient (Wildman–Crippen LogP) is 0.286. The average molecular weight is 173 g/mol. The minimum Gasteiger partial charge on any atom is -0.347 e. The summed E-state index contributed by atoms with van der Waals surface area (Å²) < 4.78 is 0. The van der Waals surface area contributed by atoms with E-state index in [-0.39, 0.29) is 11.4 Å². The van der Waals surface area contributed by atoms with Crippen molar-refractivity contribution in [2.75, 3.05) is 19.0 Å². The maximum Gasteiger partial charge on any atom is 0.227 e. The van der Waals surface area contributed by atoms with Gasteiger partial charge in [-0.1, -0.05) is 0 Å². The third kappa shape index (κ3) is 1.91. The van der Waals surface area contributed by atoms with Crippen LogP contribution in [0.25, 0.3) is 0 Å². The molecule has 0 aliphatic carbocycles. The molecule has 1 aromatic heterocycles. The summed E-state index contributed by atoms with van der Waals surface area (Å²) in [6, 6.07) is 5.09. The van der Waals surface area contributed by atoms with Gasteiger partial charge in [-0.15, -0.1) is 0 Å². The zero-order valence-electron chi connectivity index (χ0n) is 7.31. The number of hydrogen-bond acceptors (Lipinski definition) is 5. The van der Waals surface area contributed by atoms with Crippen LogP contribution in [0.5, 0.6) is 0 Å². The van der Waals surface area contributed by atoms with Crippen molar-refractivity contribution in [1.29, 1.82) is 10.5 Å². The Bertz CT molecular complexity index is 364. The summed E-state index contributed by atoms with van der Waals surface area (Å²) in [5.74, 6) is 0.371. The molecule has 13 heavy (non-hydrogen) atoms. The van der Waals surface area contributed by atoms with Crippen LogP contribution in [0.3, 0.4) is 0 Å². The Labute approximate surface area is 75.9 Å². The van der Waals surface area contributed by atoms with Crippen LogP contribution < -0.4 is 4.90 Å². The topological polar surface area (TPSA) is 76.6 Å². The molecular weight excluding hydrogens is 166 g/mol. The number of nitriles is 2. The fraction of sp³-hybridized carbons (Fsp3) is 0.250. The van der Waals surface area contributed by atoms with E-state index >= 15 is 0 Å². The summed E-state index contributed by atoms with van der Waals surface area (Å²) in [5.41, 5.74) is 0.408. The highest BCUT2D eigenvalue weighted by Gasteiger charge is 2.04. The zero-order chi connectivity index (χ0) is 9.84. The van der Waals surface area contributed by atoms with Gasteiger partial charge in [0.2, 0.25) is 5.95 Å². The van der Waals surface area contributed by atoms with Crippen molar-refractivity contribution in [3.63, 3.8) is 0 Å². The smallest absolute Gasteiger partial charge is 0.227 e. The molecule has 0 spiro atoms. The number of anilines is 1. The summed E-state index contributed by atoms with van der Waals surface area (Å²) >= 11 is 0. The number of hydrogen-bond donors (Lipinski definition) is 0. The summed E-state index contributed by atoms with van der Waals surface area (Å²) in [6.07, 6.45) is 0. The van der Waals surface area contributed by atoms with Gasteiger partial charge < -0.3 is 4.90 Å². The zero-order valence-corrected chi connectivity index (χ0v) is 7.31. The highest BCUT2D eigenvalue weighted by Crippen LogP contribution is 2.05. The lowest BCUT2D eigenvalue weighted by Crippen LogP contribution is -2.13. The van der Waals surface area contributed by atoms with E-state index < -0.39 is 0 Å². The van der Waals surface area contributed by atoms with Crippen LogP contribution in [0.15, 0.2) is 6.07 Å². The van der Waals surface area contributed by atoms with Gasteiger partial charge in [-0.05, 0) is 0 Å². The molecule has 64 valence electrons. The van der Waals surface area contributed by atoms with Crippen LogP contribution >= 0.6 is 0 Å². The van der Waals surface area contributed by atoms with Crippen molar-refractivity contribution in [2.24, 2.45) is 0 Å². The maximum absolute atomic E-state index is 8.60. The Balaban J connectivity index is 3.27. The molecule has 0 radical (unpaired) electrons. The van der Waals surface area contributed by atoms with Crippen molar-refractivity contribution in [2.45, 2.75) is 0 Å². The van der Waals surface area contributed by atoms with Gasteiger partial charge in [-0.25, -0.2) is 9.97 Å². The second-order valence-electron chi connectivity index (χ2n) is 2.56. The minimum atomic E-state index is 0.204. The largest absolute Gasteiger partial charge is 0.347 e. The molecule has 0 aliphatic heterocycles. The lowest BCUT2D eigenvalue weighted by molar-refractivity contribution is 0.981. The van der Waals surface area contributed by atoms with Gasteiger partial charge in [-0.2, -0.15) is 10.5 Å². The van der Waals surface area contributed by atoms with Gasteiger partial charge in [0.05, 0.1) is 0 Å². The van der Waals surface area contributed by atoms with Crippen LogP contribution in [-0.2, 0) is 0 Å². The number of rotatable bonds is 1. The van der Waals surface area contributed by atoms with Crippen LogP contribution in [-0.4, -0.2) is 24.1 Å². The first-order chi connectivity index (χ1) is 6.17. The molecule has 0 fully saturated rings. The molecule has 1 rings (SSSR count). The van der Waals surface area contributed by atoms with E-state index in [2.05, 4.69) is 9.97 Å². The molecule has 0 bridgehead atoms. The molecule has 0 N–H and O–H groups in total. The monoisotopic (exact) mass is 173 g/mol. The molecule has 0 amide bonds. The van der Waals surface area contributed by atoms with Crippen LogP contribution in [0.1, 0.15) is 11.4 Å². The third-order valence-corrected chi connectivity index (χ3v) is 1.34. The highest BCUT2D eigenvalue weighted by atomic mass is 15.2. The quantitative estimate of drug-likeness (QED) is 0.609.